The lowest BCUT2D eigenvalue weighted by Crippen LogP contribution is -2.27. The van der Waals surface area contributed by atoms with Crippen molar-refractivity contribution < 1.29 is 18.7 Å². The molecule has 0 fully saturated rings. The highest BCUT2D eigenvalue weighted by molar-refractivity contribution is 7.58. The van der Waals surface area contributed by atoms with Crippen molar-refractivity contribution in [3.05, 3.63) is 41.2 Å². The number of hydrogen-bond acceptors (Lipinski definition) is 4. The fourth-order valence-electron chi connectivity index (χ4n) is 1.93. The fraction of sp³-hybridized carbons (Fsp3) is 0.500. The zero-order valence-electron chi connectivity index (χ0n) is 13.2. The van der Waals surface area contributed by atoms with Gasteiger partial charge in [0, 0.05) is 0 Å². The maximum atomic E-state index is 13.1. The topological polar surface area (TPSA) is 55.8 Å². The van der Waals surface area contributed by atoms with E-state index < -0.39 is 13.2 Å². The molecule has 1 rings (SSSR count). The van der Waals surface area contributed by atoms with E-state index in [1.165, 1.54) is 0 Å². The first-order valence-corrected chi connectivity index (χ1v) is 8.83. The lowest BCUT2D eigenvalue weighted by Gasteiger charge is -2.30. The smallest absolute Gasteiger partial charge is 0.360 e. The molecule has 0 amide bonds. The molecule has 1 aromatic carbocycles. The number of aliphatic hydroxyl groups is 1. The molecule has 118 valence electrons. The molecule has 0 saturated carbocycles. The lowest BCUT2D eigenvalue weighted by molar-refractivity contribution is 0.0956. The summed E-state index contributed by atoms with van der Waals surface area (Å²) >= 11 is 0. The summed E-state index contributed by atoms with van der Waals surface area (Å²) < 4.78 is 23.8. The Hall–Kier alpha value is -0.930. The largest absolute Gasteiger partial charge is 0.385 e. The van der Waals surface area contributed by atoms with Crippen LogP contribution in [-0.4, -0.2) is 23.9 Å². The Morgan fingerprint density at radius 2 is 1.71 bits per heavy atom. The van der Waals surface area contributed by atoms with Crippen LogP contribution in [-0.2, 0) is 13.6 Å². The van der Waals surface area contributed by atoms with Crippen molar-refractivity contribution in [3.63, 3.8) is 0 Å². The molecule has 21 heavy (non-hydrogen) atoms. The molecule has 0 aliphatic carbocycles. The highest BCUT2D eigenvalue weighted by Crippen LogP contribution is 2.60. The van der Waals surface area contributed by atoms with Crippen LogP contribution in [0.1, 0.15) is 39.7 Å². The monoisotopic (exact) mass is 312 g/mol. The van der Waals surface area contributed by atoms with Crippen LogP contribution >= 0.6 is 7.60 Å². The Bertz CT molecular complexity index is 498. The SMILES string of the molecule is CCOP(=O)(OCC)/C(=C/c1ccccc1)C(C)(O)CC. The predicted molar refractivity (Wildman–Crippen MR) is 86.2 cm³/mol. The summed E-state index contributed by atoms with van der Waals surface area (Å²) in [5, 5.41) is 10.9. The summed E-state index contributed by atoms with van der Waals surface area (Å²) in [4.78, 5) is 0. The Balaban J connectivity index is 3.38. The molecule has 0 aliphatic rings. The molecule has 1 N–H and O–H groups in total. The van der Waals surface area contributed by atoms with Crippen LogP contribution in [0.5, 0.6) is 0 Å². The predicted octanol–water partition coefficient (Wildman–Crippen LogP) is 4.45. The van der Waals surface area contributed by atoms with Crippen LogP contribution in [0.25, 0.3) is 6.08 Å². The van der Waals surface area contributed by atoms with Gasteiger partial charge in [0.1, 0.15) is 0 Å². The van der Waals surface area contributed by atoms with Gasteiger partial charge in [-0.25, -0.2) is 0 Å². The number of benzene rings is 1. The van der Waals surface area contributed by atoms with Crippen molar-refractivity contribution in [2.24, 2.45) is 0 Å². The van der Waals surface area contributed by atoms with Gasteiger partial charge in [-0.2, -0.15) is 0 Å². The summed E-state index contributed by atoms with van der Waals surface area (Å²) in [5.41, 5.74) is -0.406. The molecule has 5 heteroatoms. The third kappa shape index (κ3) is 4.79. The van der Waals surface area contributed by atoms with Gasteiger partial charge in [0.2, 0.25) is 0 Å². The van der Waals surface area contributed by atoms with Crippen molar-refractivity contribution in [1.82, 2.24) is 0 Å². The average Bonchev–Trinajstić information content (AvgIpc) is 2.46. The van der Waals surface area contributed by atoms with Crippen LogP contribution in [0.15, 0.2) is 35.6 Å². The molecule has 1 atom stereocenters. The molecule has 4 nitrogen and oxygen atoms in total. The Labute approximate surface area is 127 Å². The van der Waals surface area contributed by atoms with E-state index in [1.54, 1.807) is 26.8 Å². The minimum Gasteiger partial charge on any atom is -0.385 e. The lowest BCUT2D eigenvalue weighted by atomic mass is 10.0. The Kier molecular flexibility index (Phi) is 6.82. The van der Waals surface area contributed by atoms with E-state index in [1.807, 2.05) is 37.3 Å². The normalized spacial score (nSPS) is 15.8. The molecular formula is C16H25O4P. The van der Waals surface area contributed by atoms with E-state index in [2.05, 4.69) is 0 Å². The average molecular weight is 312 g/mol. The molecule has 1 aromatic rings. The van der Waals surface area contributed by atoms with Crippen LogP contribution in [0, 0.1) is 0 Å². The van der Waals surface area contributed by atoms with Crippen LogP contribution in [0.2, 0.25) is 0 Å². The number of hydrogen-bond donors (Lipinski definition) is 1. The maximum absolute atomic E-state index is 13.1. The van der Waals surface area contributed by atoms with E-state index in [0.717, 1.165) is 5.56 Å². The molecule has 0 saturated heterocycles. The van der Waals surface area contributed by atoms with Gasteiger partial charge in [-0.1, -0.05) is 37.3 Å². The molecule has 0 radical (unpaired) electrons. The Morgan fingerprint density at radius 1 is 1.19 bits per heavy atom. The second kappa shape index (κ2) is 7.90. The highest BCUT2D eigenvalue weighted by atomic mass is 31.2. The van der Waals surface area contributed by atoms with Gasteiger partial charge in [0.05, 0.1) is 24.1 Å². The van der Waals surface area contributed by atoms with Crippen LogP contribution in [0.3, 0.4) is 0 Å². The van der Waals surface area contributed by atoms with Crippen molar-refractivity contribution in [3.8, 4) is 0 Å². The van der Waals surface area contributed by atoms with Crippen molar-refractivity contribution >= 4 is 13.7 Å². The molecule has 0 spiro atoms. The van der Waals surface area contributed by atoms with Gasteiger partial charge < -0.3 is 14.2 Å². The van der Waals surface area contributed by atoms with Gasteiger partial charge in [0.25, 0.3) is 0 Å². The summed E-state index contributed by atoms with van der Waals surface area (Å²) in [7, 11) is -3.52. The fourth-order valence-corrected chi connectivity index (χ4v) is 4.02. The second-order valence-electron chi connectivity index (χ2n) is 4.90. The van der Waals surface area contributed by atoms with Crippen LogP contribution < -0.4 is 0 Å². The summed E-state index contributed by atoms with van der Waals surface area (Å²) in [6.07, 6.45) is 2.12. The Morgan fingerprint density at radius 3 is 2.14 bits per heavy atom. The van der Waals surface area contributed by atoms with Gasteiger partial charge in [-0.15, -0.1) is 0 Å². The molecule has 0 aromatic heterocycles. The third-order valence-electron chi connectivity index (χ3n) is 3.24. The zero-order valence-corrected chi connectivity index (χ0v) is 14.1. The van der Waals surface area contributed by atoms with E-state index >= 15 is 0 Å². The van der Waals surface area contributed by atoms with E-state index in [-0.39, 0.29) is 13.2 Å². The van der Waals surface area contributed by atoms with Gasteiger partial charge in [-0.3, -0.25) is 4.57 Å². The maximum Gasteiger partial charge on any atom is 0.360 e. The third-order valence-corrected chi connectivity index (χ3v) is 5.63. The van der Waals surface area contributed by atoms with E-state index in [4.69, 9.17) is 9.05 Å². The molecular weight excluding hydrogens is 287 g/mol. The first kappa shape index (κ1) is 18.1. The summed E-state index contributed by atoms with van der Waals surface area (Å²) in [5.74, 6) is 0. The number of rotatable bonds is 8. The molecule has 0 aliphatic heterocycles. The zero-order chi connectivity index (χ0) is 15.9. The van der Waals surface area contributed by atoms with Gasteiger partial charge in [0.15, 0.2) is 0 Å². The minimum atomic E-state index is -3.52. The second-order valence-corrected chi connectivity index (χ2v) is 6.89. The van der Waals surface area contributed by atoms with Crippen LogP contribution in [0.4, 0.5) is 0 Å². The van der Waals surface area contributed by atoms with Crippen molar-refractivity contribution in [2.45, 2.75) is 39.7 Å². The van der Waals surface area contributed by atoms with E-state index in [9.17, 15) is 9.67 Å². The first-order valence-electron chi connectivity index (χ1n) is 7.29. The van der Waals surface area contributed by atoms with Crippen molar-refractivity contribution in [1.29, 1.82) is 0 Å². The van der Waals surface area contributed by atoms with E-state index in [0.29, 0.717) is 11.7 Å². The summed E-state index contributed by atoms with van der Waals surface area (Å²) in [6.45, 7) is 7.48. The summed E-state index contributed by atoms with van der Waals surface area (Å²) in [6, 6.07) is 9.44. The minimum absolute atomic E-state index is 0.253. The standard InChI is InChI=1S/C16H25O4P/c1-5-16(4,17)15(13-14-11-9-8-10-12-14)21(18,19-6-2)20-7-3/h8-13,17H,5-7H2,1-4H3/b15-13+. The quantitative estimate of drug-likeness (QED) is 0.720. The molecule has 0 heterocycles. The molecule has 1 unspecified atom stereocenters. The van der Waals surface area contributed by atoms with Crippen molar-refractivity contribution in [2.75, 3.05) is 13.2 Å². The van der Waals surface area contributed by atoms with Gasteiger partial charge >= 0.3 is 7.60 Å². The first-order chi connectivity index (χ1) is 9.89. The van der Waals surface area contributed by atoms with Gasteiger partial charge in [-0.05, 0) is 38.8 Å². The highest BCUT2D eigenvalue weighted by Gasteiger charge is 2.40. The molecule has 0 bridgehead atoms.